The van der Waals surface area contributed by atoms with Gasteiger partial charge >= 0.3 is 0 Å². The van der Waals surface area contributed by atoms with Gasteiger partial charge in [0, 0.05) is 56.8 Å². The lowest BCUT2D eigenvalue weighted by Gasteiger charge is -2.32. The lowest BCUT2D eigenvalue weighted by molar-refractivity contribution is 0.0398. The molecule has 0 saturated carbocycles. The number of nitrogens with one attached hydrogen (secondary N) is 2. The number of benzene rings is 1. The first-order valence-corrected chi connectivity index (χ1v) is 10.8. The van der Waals surface area contributed by atoms with E-state index in [-0.39, 0.29) is 0 Å². The van der Waals surface area contributed by atoms with Gasteiger partial charge in [-0.05, 0) is 49.1 Å². The Bertz CT molecular complexity index is 754. The average molecular weight is 397 g/mol. The summed E-state index contributed by atoms with van der Waals surface area (Å²) in [6.45, 7) is 10.1. The molecule has 2 aliphatic rings. The number of ether oxygens (including phenoxy) is 1. The molecular weight excluding hydrogens is 364 g/mol. The van der Waals surface area contributed by atoms with Crippen LogP contribution in [0, 0.1) is 5.92 Å². The maximum atomic E-state index is 5.38. The molecule has 4 rings (SSSR count). The van der Waals surface area contributed by atoms with Crippen molar-refractivity contribution in [1.29, 1.82) is 0 Å². The van der Waals surface area contributed by atoms with Gasteiger partial charge in [0.25, 0.3) is 0 Å². The van der Waals surface area contributed by atoms with Crippen LogP contribution in [-0.2, 0) is 4.74 Å². The number of nitrogens with zero attached hydrogens (tertiary/aromatic N) is 4. The van der Waals surface area contributed by atoms with Crippen LogP contribution in [0.3, 0.4) is 0 Å². The van der Waals surface area contributed by atoms with E-state index in [1.165, 1.54) is 18.5 Å². The maximum Gasteiger partial charge on any atom is 0.224 e. The number of piperidine rings is 1. The molecule has 0 amide bonds. The van der Waals surface area contributed by atoms with Crippen molar-refractivity contribution in [2.45, 2.75) is 19.8 Å². The number of aromatic nitrogens is 2. The molecule has 29 heavy (non-hydrogen) atoms. The fraction of sp³-hybridized carbons (Fsp3) is 0.545. The summed E-state index contributed by atoms with van der Waals surface area (Å²) in [7, 11) is 0. The van der Waals surface area contributed by atoms with Gasteiger partial charge in [0.15, 0.2) is 0 Å². The lowest BCUT2D eigenvalue weighted by Crippen LogP contribution is -2.39. The highest BCUT2D eigenvalue weighted by Gasteiger charge is 2.15. The molecule has 2 fully saturated rings. The molecule has 7 nitrogen and oxygen atoms in total. The summed E-state index contributed by atoms with van der Waals surface area (Å²) in [4.78, 5) is 13.8. The molecule has 7 heteroatoms. The van der Waals surface area contributed by atoms with Crippen molar-refractivity contribution in [3.8, 4) is 0 Å². The van der Waals surface area contributed by atoms with E-state index in [1.54, 1.807) is 6.20 Å². The number of rotatable bonds is 7. The number of anilines is 4. The van der Waals surface area contributed by atoms with E-state index < -0.39 is 0 Å². The monoisotopic (exact) mass is 396 g/mol. The first kappa shape index (κ1) is 19.9. The van der Waals surface area contributed by atoms with Crippen molar-refractivity contribution < 1.29 is 4.74 Å². The Balaban J connectivity index is 1.28. The summed E-state index contributed by atoms with van der Waals surface area (Å²) < 4.78 is 5.38. The number of morpholine rings is 1. The first-order valence-electron chi connectivity index (χ1n) is 10.8. The Kier molecular flexibility index (Phi) is 6.79. The highest BCUT2D eigenvalue weighted by atomic mass is 16.5. The minimum absolute atomic E-state index is 0.655. The van der Waals surface area contributed by atoms with E-state index in [0.29, 0.717) is 5.95 Å². The molecule has 3 heterocycles. The van der Waals surface area contributed by atoms with Crippen molar-refractivity contribution in [3.05, 3.63) is 36.5 Å². The van der Waals surface area contributed by atoms with Crippen LogP contribution in [-0.4, -0.2) is 67.4 Å². The molecule has 0 spiro atoms. The third-order valence-corrected chi connectivity index (χ3v) is 5.76. The highest BCUT2D eigenvalue weighted by molar-refractivity contribution is 5.61. The second-order valence-electron chi connectivity index (χ2n) is 7.99. The van der Waals surface area contributed by atoms with Gasteiger partial charge in [-0.25, -0.2) is 4.98 Å². The first-order chi connectivity index (χ1) is 14.3. The molecule has 2 N–H and O–H groups in total. The normalized spacial score (nSPS) is 18.6. The molecule has 1 aromatic heterocycles. The molecule has 0 unspecified atom stereocenters. The van der Waals surface area contributed by atoms with Gasteiger partial charge in [0.2, 0.25) is 5.95 Å². The second kappa shape index (κ2) is 9.89. The van der Waals surface area contributed by atoms with Gasteiger partial charge in [-0.2, -0.15) is 4.98 Å². The smallest absolute Gasteiger partial charge is 0.224 e. The summed E-state index contributed by atoms with van der Waals surface area (Å²) in [5, 5.41) is 6.71. The average Bonchev–Trinajstić information content (AvgIpc) is 2.76. The fourth-order valence-corrected chi connectivity index (χ4v) is 3.83. The third kappa shape index (κ3) is 5.81. The highest BCUT2D eigenvalue weighted by Crippen LogP contribution is 2.25. The van der Waals surface area contributed by atoms with Crippen LogP contribution in [0.2, 0.25) is 0 Å². The van der Waals surface area contributed by atoms with Gasteiger partial charge < -0.3 is 20.3 Å². The lowest BCUT2D eigenvalue weighted by atomic mass is 9.99. The van der Waals surface area contributed by atoms with E-state index in [1.807, 2.05) is 6.07 Å². The predicted molar refractivity (Wildman–Crippen MR) is 118 cm³/mol. The van der Waals surface area contributed by atoms with E-state index in [4.69, 9.17) is 4.74 Å². The summed E-state index contributed by atoms with van der Waals surface area (Å²) in [6.07, 6.45) is 4.35. The third-order valence-electron chi connectivity index (χ3n) is 5.76. The van der Waals surface area contributed by atoms with Crippen molar-refractivity contribution in [3.63, 3.8) is 0 Å². The Morgan fingerprint density at radius 2 is 1.79 bits per heavy atom. The molecular formula is C22H32N6O. The van der Waals surface area contributed by atoms with Crippen LogP contribution < -0.4 is 15.5 Å². The van der Waals surface area contributed by atoms with Crippen molar-refractivity contribution in [1.82, 2.24) is 14.9 Å². The molecule has 2 aromatic rings. The van der Waals surface area contributed by atoms with Gasteiger partial charge in [-0.1, -0.05) is 6.92 Å². The molecule has 156 valence electrons. The zero-order valence-electron chi connectivity index (χ0n) is 17.3. The van der Waals surface area contributed by atoms with E-state index in [9.17, 15) is 0 Å². The topological polar surface area (TPSA) is 65.5 Å². The van der Waals surface area contributed by atoms with Crippen LogP contribution in [0.15, 0.2) is 36.5 Å². The molecule has 0 aliphatic carbocycles. The molecule has 1 aromatic carbocycles. The quantitative estimate of drug-likeness (QED) is 0.745. The van der Waals surface area contributed by atoms with Crippen LogP contribution in [0.1, 0.15) is 19.8 Å². The second-order valence-corrected chi connectivity index (χ2v) is 7.99. The Labute approximate surface area is 173 Å². The molecule has 2 aliphatic heterocycles. The number of hydrogen-bond donors (Lipinski definition) is 2. The SMILES string of the molecule is CC1CCN(c2ccc(Nc3ccnc(NCCN4CCOCC4)n3)cc2)CC1. The van der Waals surface area contributed by atoms with Gasteiger partial charge in [-0.15, -0.1) is 0 Å². The van der Waals surface area contributed by atoms with Gasteiger partial charge in [0.05, 0.1) is 13.2 Å². The standard InChI is InChI=1S/C22H32N6O/c1-18-7-11-28(12-8-18)20-4-2-19(3-5-20)25-21-6-9-23-22(26-21)24-10-13-27-14-16-29-17-15-27/h2-6,9,18H,7-8,10-17H2,1H3,(H2,23,24,25,26). The Morgan fingerprint density at radius 1 is 1.03 bits per heavy atom. The number of hydrogen-bond acceptors (Lipinski definition) is 7. The Hall–Kier alpha value is -2.38. The van der Waals surface area contributed by atoms with Crippen LogP contribution in [0.25, 0.3) is 0 Å². The van der Waals surface area contributed by atoms with Gasteiger partial charge in [0.1, 0.15) is 5.82 Å². The fourth-order valence-electron chi connectivity index (χ4n) is 3.83. The van der Waals surface area contributed by atoms with Crippen molar-refractivity contribution >= 4 is 23.1 Å². The van der Waals surface area contributed by atoms with Crippen LogP contribution in [0.5, 0.6) is 0 Å². The summed E-state index contributed by atoms with van der Waals surface area (Å²) >= 11 is 0. The van der Waals surface area contributed by atoms with Crippen LogP contribution >= 0.6 is 0 Å². The van der Waals surface area contributed by atoms with Crippen LogP contribution in [0.4, 0.5) is 23.1 Å². The van der Waals surface area contributed by atoms with E-state index in [0.717, 1.165) is 69.9 Å². The summed E-state index contributed by atoms with van der Waals surface area (Å²) in [5.41, 5.74) is 2.34. The minimum atomic E-state index is 0.655. The van der Waals surface area contributed by atoms with Crippen molar-refractivity contribution in [2.24, 2.45) is 5.92 Å². The Morgan fingerprint density at radius 3 is 2.55 bits per heavy atom. The molecule has 0 bridgehead atoms. The predicted octanol–water partition coefficient (Wildman–Crippen LogP) is 3.20. The zero-order chi connectivity index (χ0) is 19.9. The molecule has 0 radical (unpaired) electrons. The molecule has 0 atom stereocenters. The van der Waals surface area contributed by atoms with Crippen molar-refractivity contribution in [2.75, 3.05) is 68.0 Å². The van der Waals surface area contributed by atoms with E-state index >= 15 is 0 Å². The summed E-state index contributed by atoms with van der Waals surface area (Å²) in [6, 6.07) is 10.5. The minimum Gasteiger partial charge on any atom is -0.379 e. The molecule has 2 saturated heterocycles. The zero-order valence-corrected chi connectivity index (χ0v) is 17.3. The largest absolute Gasteiger partial charge is 0.379 e. The van der Waals surface area contributed by atoms with Gasteiger partial charge in [-0.3, -0.25) is 4.90 Å². The van der Waals surface area contributed by atoms with E-state index in [2.05, 4.69) is 61.6 Å². The maximum absolute atomic E-state index is 5.38. The summed E-state index contributed by atoms with van der Waals surface area (Å²) in [5.74, 6) is 2.30.